The second kappa shape index (κ2) is 4.63. The SMILES string of the molecule is Clc1ccccc1-c1nncn1-c1ccccc1. The molecule has 0 saturated carbocycles. The maximum atomic E-state index is 6.19. The van der Waals surface area contributed by atoms with Gasteiger partial charge in [0, 0.05) is 11.3 Å². The second-order valence-corrected chi connectivity index (χ2v) is 4.25. The van der Waals surface area contributed by atoms with E-state index in [9.17, 15) is 0 Å². The molecule has 0 aliphatic carbocycles. The molecule has 0 spiro atoms. The predicted molar refractivity (Wildman–Crippen MR) is 71.8 cm³/mol. The molecule has 3 rings (SSSR count). The zero-order valence-electron chi connectivity index (χ0n) is 9.49. The third kappa shape index (κ3) is 1.89. The third-order valence-electron chi connectivity index (χ3n) is 2.70. The van der Waals surface area contributed by atoms with Crippen LogP contribution in [-0.2, 0) is 0 Å². The molecule has 1 aromatic heterocycles. The second-order valence-electron chi connectivity index (χ2n) is 3.84. The topological polar surface area (TPSA) is 30.7 Å². The van der Waals surface area contributed by atoms with Gasteiger partial charge < -0.3 is 0 Å². The molecule has 0 amide bonds. The van der Waals surface area contributed by atoms with E-state index < -0.39 is 0 Å². The highest BCUT2D eigenvalue weighted by atomic mass is 35.5. The normalized spacial score (nSPS) is 10.5. The van der Waals surface area contributed by atoms with Crippen LogP contribution in [0.1, 0.15) is 0 Å². The smallest absolute Gasteiger partial charge is 0.169 e. The minimum Gasteiger partial charge on any atom is -0.282 e. The zero-order valence-corrected chi connectivity index (χ0v) is 10.2. The Labute approximate surface area is 110 Å². The number of halogens is 1. The lowest BCUT2D eigenvalue weighted by molar-refractivity contribution is 1.06. The maximum Gasteiger partial charge on any atom is 0.169 e. The highest BCUT2D eigenvalue weighted by Gasteiger charge is 2.11. The van der Waals surface area contributed by atoms with E-state index in [2.05, 4.69) is 10.2 Å². The molecular formula is C14H10ClN3. The molecule has 0 aliphatic heterocycles. The molecule has 88 valence electrons. The molecule has 0 aliphatic rings. The predicted octanol–water partition coefficient (Wildman–Crippen LogP) is 3.59. The number of rotatable bonds is 2. The first kappa shape index (κ1) is 11.0. The summed E-state index contributed by atoms with van der Waals surface area (Å²) in [6.07, 6.45) is 1.69. The van der Waals surface area contributed by atoms with Gasteiger partial charge in [0.25, 0.3) is 0 Å². The van der Waals surface area contributed by atoms with Gasteiger partial charge in [0.15, 0.2) is 5.82 Å². The van der Waals surface area contributed by atoms with Crippen LogP contribution < -0.4 is 0 Å². The average molecular weight is 256 g/mol. The highest BCUT2D eigenvalue weighted by Crippen LogP contribution is 2.27. The molecule has 4 heteroatoms. The van der Waals surface area contributed by atoms with Crippen LogP contribution in [0.15, 0.2) is 60.9 Å². The van der Waals surface area contributed by atoms with E-state index >= 15 is 0 Å². The van der Waals surface area contributed by atoms with Crippen LogP contribution in [0, 0.1) is 0 Å². The molecule has 0 radical (unpaired) electrons. The lowest BCUT2D eigenvalue weighted by Crippen LogP contribution is -1.96. The third-order valence-corrected chi connectivity index (χ3v) is 3.03. The number of aromatic nitrogens is 3. The lowest BCUT2D eigenvalue weighted by Gasteiger charge is -2.07. The van der Waals surface area contributed by atoms with Gasteiger partial charge in [-0.3, -0.25) is 4.57 Å². The van der Waals surface area contributed by atoms with Gasteiger partial charge in [-0.05, 0) is 24.3 Å². The Kier molecular flexibility index (Phi) is 2.82. The summed E-state index contributed by atoms with van der Waals surface area (Å²) in [7, 11) is 0. The summed E-state index contributed by atoms with van der Waals surface area (Å²) >= 11 is 6.19. The van der Waals surface area contributed by atoms with Gasteiger partial charge in [0.1, 0.15) is 6.33 Å². The Morgan fingerprint density at radius 3 is 2.39 bits per heavy atom. The van der Waals surface area contributed by atoms with Crippen LogP contribution >= 0.6 is 11.6 Å². The number of para-hydroxylation sites is 1. The van der Waals surface area contributed by atoms with E-state index in [-0.39, 0.29) is 0 Å². The molecule has 18 heavy (non-hydrogen) atoms. The molecule has 0 N–H and O–H groups in total. The zero-order chi connectivity index (χ0) is 12.4. The van der Waals surface area contributed by atoms with Gasteiger partial charge in [0.05, 0.1) is 5.02 Å². The summed E-state index contributed by atoms with van der Waals surface area (Å²) in [5.41, 5.74) is 1.89. The van der Waals surface area contributed by atoms with E-state index in [1.807, 2.05) is 59.2 Å². The van der Waals surface area contributed by atoms with Crippen LogP contribution in [0.3, 0.4) is 0 Å². The van der Waals surface area contributed by atoms with Crippen molar-refractivity contribution in [2.45, 2.75) is 0 Å². The Bertz CT molecular complexity index is 662. The lowest BCUT2D eigenvalue weighted by atomic mass is 10.2. The van der Waals surface area contributed by atoms with Gasteiger partial charge in [-0.1, -0.05) is 41.9 Å². The Balaban J connectivity index is 2.16. The minimum atomic E-state index is 0.669. The Hall–Kier alpha value is -2.13. The monoisotopic (exact) mass is 255 g/mol. The van der Waals surface area contributed by atoms with Crippen molar-refractivity contribution < 1.29 is 0 Å². The molecule has 3 aromatic rings. The van der Waals surface area contributed by atoms with E-state index in [1.165, 1.54) is 0 Å². The standard InChI is InChI=1S/C14H10ClN3/c15-13-9-5-4-8-12(13)14-17-16-10-18(14)11-6-2-1-3-7-11/h1-10H. The molecular weight excluding hydrogens is 246 g/mol. The number of hydrogen-bond acceptors (Lipinski definition) is 2. The Morgan fingerprint density at radius 2 is 1.61 bits per heavy atom. The number of benzene rings is 2. The van der Waals surface area contributed by atoms with Crippen molar-refractivity contribution in [3.05, 3.63) is 65.9 Å². The first-order valence-electron chi connectivity index (χ1n) is 5.56. The van der Waals surface area contributed by atoms with E-state index in [4.69, 9.17) is 11.6 Å². The fourth-order valence-electron chi connectivity index (χ4n) is 1.84. The number of nitrogens with zero attached hydrogens (tertiary/aromatic N) is 3. The molecule has 0 unspecified atom stereocenters. The van der Waals surface area contributed by atoms with Crippen LogP contribution in [0.2, 0.25) is 5.02 Å². The van der Waals surface area contributed by atoms with E-state index in [0.717, 1.165) is 17.1 Å². The summed E-state index contributed by atoms with van der Waals surface area (Å²) in [6, 6.07) is 17.6. The first-order chi connectivity index (χ1) is 8.86. The van der Waals surface area contributed by atoms with Gasteiger partial charge in [-0.25, -0.2) is 0 Å². The minimum absolute atomic E-state index is 0.669. The summed E-state index contributed by atoms with van der Waals surface area (Å²) in [6.45, 7) is 0. The van der Waals surface area contributed by atoms with E-state index in [0.29, 0.717) is 5.02 Å². The highest BCUT2D eigenvalue weighted by molar-refractivity contribution is 6.33. The average Bonchev–Trinajstić information content (AvgIpc) is 2.89. The van der Waals surface area contributed by atoms with Crippen molar-refractivity contribution in [1.82, 2.24) is 14.8 Å². The van der Waals surface area contributed by atoms with Crippen LogP contribution in [0.25, 0.3) is 17.1 Å². The molecule has 0 atom stereocenters. The molecule has 0 fully saturated rings. The quantitative estimate of drug-likeness (QED) is 0.701. The van der Waals surface area contributed by atoms with Crippen molar-refractivity contribution in [3.8, 4) is 17.1 Å². The van der Waals surface area contributed by atoms with Gasteiger partial charge >= 0.3 is 0 Å². The summed E-state index contributed by atoms with van der Waals surface area (Å²) in [4.78, 5) is 0. The Morgan fingerprint density at radius 1 is 0.889 bits per heavy atom. The largest absolute Gasteiger partial charge is 0.282 e. The van der Waals surface area contributed by atoms with Gasteiger partial charge in [0.2, 0.25) is 0 Å². The molecule has 1 heterocycles. The number of hydrogen-bond donors (Lipinski definition) is 0. The van der Waals surface area contributed by atoms with Crippen molar-refractivity contribution in [2.75, 3.05) is 0 Å². The van der Waals surface area contributed by atoms with E-state index in [1.54, 1.807) is 6.33 Å². The van der Waals surface area contributed by atoms with Crippen molar-refractivity contribution in [1.29, 1.82) is 0 Å². The van der Waals surface area contributed by atoms with Gasteiger partial charge in [-0.2, -0.15) is 0 Å². The molecule has 3 nitrogen and oxygen atoms in total. The van der Waals surface area contributed by atoms with Crippen LogP contribution in [0.4, 0.5) is 0 Å². The first-order valence-corrected chi connectivity index (χ1v) is 5.94. The fraction of sp³-hybridized carbons (Fsp3) is 0. The molecule has 0 saturated heterocycles. The molecule has 0 bridgehead atoms. The van der Waals surface area contributed by atoms with Gasteiger partial charge in [-0.15, -0.1) is 10.2 Å². The van der Waals surface area contributed by atoms with Crippen molar-refractivity contribution >= 4 is 11.6 Å². The summed E-state index contributed by atoms with van der Waals surface area (Å²) < 4.78 is 1.92. The molecule has 2 aromatic carbocycles. The van der Waals surface area contributed by atoms with Crippen LogP contribution in [0.5, 0.6) is 0 Å². The van der Waals surface area contributed by atoms with Crippen LogP contribution in [-0.4, -0.2) is 14.8 Å². The van der Waals surface area contributed by atoms with Crippen molar-refractivity contribution in [3.63, 3.8) is 0 Å². The fourth-order valence-corrected chi connectivity index (χ4v) is 2.06. The summed E-state index contributed by atoms with van der Waals surface area (Å²) in [5.74, 6) is 0.742. The maximum absolute atomic E-state index is 6.19. The van der Waals surface area contributed by atoms with Crippen molar-refractivity contribution in [2.24, 2.45) is 0 Å². The summed E-state index contributed by atoms with van der Waals surface area (Å²) in [5, 5.41) is 8.79.